The fourth-order valence-electron chi connectivity index (χ4n) is 2.40. The molecule has 5 heteroatoms. The Morgan fingerprint density at radius 2 is 2.11 bits per heavy atom. The van der Waals surface area contributed by atoms with Crippen molar-refractivity contribution >= 4 is 11.7 Å². The third-order valence-corrected chi connectivity index (χ3v) is 3.50. The summed E-state index contributed by atoms with van der Waals surface area (Å²) in [6, 6.07) is 5.93. The molecule has 1 N–H and O–H groups in total. The number of anilines is 1. The van der Waals surface area contributed by atoms with E-state index < -0.39 is 0 Å². The van der Waals surface area contributed by atoms with Gasteiger partial charge in [0, 0.05) is 44.8 Å². The minimum absolute atomic E-state index is 0.0476. The number of amides is 1. The van der Waals surface area contributed by atoms with Gasteiger partial charge in [0.15, 0.2) is 0 Å². The van der Waals surface area contributed by atoms with Crippen molar-refractivity contribution in [1.29, 1.82) is 0 Å². The topological polar surface area (TPSA) is 48.5 Å². The zero-order chi connectivity index (χ0) is 13.7. The number of hydrogen-bond acceptors (Lipinski definition) is 4. The molecule has 0 aliphatic carbocycles. The van der Waals surface area contributed by atoms with Crippen LogP contribution < -0.4 is 10.2 Å². The lowest BCUT2D eigenvalue weighted by atomic mass is 10.1. The minimum atomic E-state index is 0.0476. The number of rotatable bonds is 4. The standard InChI is InChI=1S/C14H22N4O/c1-12(11-15-2)14(19)18-9-7-17(8-10-18)13-5-3-4-6-16-13/h3-6,12,15H,7-11H2,1-2H3. The lowest BCUT2D eigenvalue weighted by Crippen LogP contribution is -2.51. The summed E-state index contributed by atoms with van der Waals surface area (Å²) in [5.74, 6) is 1.29. The Morgan fingerprint density at radius 1 is 1.37 bits per heavy atom. The highest BCUT2D eigenvalue weighted by atomic mass is 16.2. The molecule has 1 aromatic rings. The van der Waals surface area contributed by atoms with E-state index in [9.17, 15) is 4.79 Å². The highest BCUT2D eigenvalue weighted by Gasteiger charge is 2.24. The quantitative estimate of drug-likeness (QED) is 0.862. The van der Waals surface area contributed by atoms with Crippen molar-refractivity contribution in [2.75, 3.05) is 44.7 Å². The van der Waals surface area contributed by atoms with Gasteiger partial charge in [-0.2, -0.15) is 0 Å². The Kier molecular flexibility index (Phi) is 4.74. The van der Waals surface area contributed by atoms with Gasteiger partial charge in [0.25, 0.3) is 0 Å². The van der Waals surface area contributed by atoms with Crippen LogP contribution in [0.25, 0.3) is 0 Å². The summed E-state index contributed by atoms with van der Waals surface area (Å²) in [5.41, 5.74) is 0. The molecule has 1 fully saturated rings. The van der Waals surface area contributed by atoms with Crippen LogP contribution in [0.5, 0.6) is 0 Å². The number of nitrogens with zero attached hydrogens (tertiary/aromatic N) is 3. The van der Waals surface area contributed by atoms with Gasteiger partial charge in [-0.25, -0.2) is 4.98 Å². The highest BCUT2D eigenvalue weighted by Crippen LogP contribution is 2.13. The van der Waals surface area contributed by atoms with Gasteiger partial charge in [-0.3, -0.25) is 4.79 Å². The Bertz CT molecular complexity index is 401. The van der Waals surface area contributed by atoms with E-state index in [2.05, 4.69) is 15.2 Å². The molecule has 0 aromatic carbocycles. The van der Waals surface area contributed by atoms with Crippen LogP contribution in [0, 0.1) is 5.92 Å². The zero-order valence-electron chi connectivity index (χ0n) is 11.7. The third-order valence-electron chi connectivity index (χ3n) is 3.50. The highest BCUT2D eigenvalue weighted by molar-refractivity contribution is 5.79. The molecular weight excluding hydrogens is 240 g/mol. The first-order chi connectivity index (χ1) is 9.22. The number of carbonyl (C=O) groups is 1. The van der Waals surface area contributed by atoms with Crippen LogP contribution in [0.1, 0.15) is 6.92 Å². The molecule has 104 valence electrons. The average molecular weight is 262 g/mol. The Labute approximate surface area is 114 Å². The van der Waals surface area contributed by atoms with Gasteiger partial charge in [-0.05, 0) is 19.2 Å². The molecule has 1 aromatic heterocycles. The van der Waals surface area contributed by atoms with Crippen LogP contribution in [0.15, 0.2) is 24.4 Å². The van der Waals surface area contributed by atoms with Crippen LogP contribution in [-0.2, 0) is 4.79 Å². The maximum Gasteiger partial charge on any atom is 0.226 e. The van der Waals surface area contributed by atoms with Gasteiger partial charge in [0.1, 0.15) is 5.82 Å². The molecule has 0 bridgehead atoms. The summed E-state index contributed by atoms with van der Waals surface area (Å²) < 4.78 is 0. The number of nitrogens with one attached hydrogen (secondary N) is 1. The molecule has 2 heterocycles. The van der Waals surface area contributed by atoms with Crippen molar-refractivity contribution in [3.05, 3.63) is 24.4 Å². The molecule has 1 atom stereocenters. The van der Waals surface area contributed by atoms with Crippen molar-refractivity contribution in [2.45, 2.75) is 6.92 Å². The number of aromatic nitrogens is 1. The van der Waals surface area contributed by atoms with E-state index in [4.69, 9.17) is 0 Å². The van der Waals surface area contributed by atoms with Gasteiger partial charge in [-0.15, -0.1) is 0 Å². The molecule has 19 heavy (non-hydrogen) atoms. The van der Waals surface area contributed by atoms with Crippen molar-refractivity contribution in [2.24, 2.45) is 5.92 Å². The van der Waals surface area contributed by atoms with Crippen LogP contribution in [-0.4, -0.2) is 55.6 Å². The van der Waals surface area contributed by atoms with Crippen LogP contribution >= 0.6 is 0 Å². The van der Waals surface area contributed by atoms with E-state index in [1.54, 1.807) is 0 Å². The Morgan fingerprint density at radius 3 is 2.68 bits per heavy atom. The largest absolute Gasteiger partial charge is 0.353 e. The molecular formula is C14H22N4O. The summed E-state index contributed by atoms with van der Waals surface area (Å²) >= 11 is 0. The smallest absolute Gasteiger partial charge is 0.226 e. The van der Waals surface area contributed by atoms with E-state index >= 15 is 0 Å². The minimum Gasteiger partial charge on any atom is -0.353 e. The molecule has 5 nitrogen and oxygen atoms in total. The van der Waals surface area contributed by atoms with E-state index in [1.807, 2.05) is 43.3 Å². The summed E-state index contributed by atoms with van der Waals surface area (Å²) in [4.78, 5) is 20.7. The predicted octanol–water partition coefficient (Wildman–Crippen LogP) is 0.586. The van der Waals surface area contributed by atoms with Gasteiger partial charge in [0.05, 0.1) is 0 Å². The second-order valence-electron chi connectivity index (χ2n) is 4.96. The van der Waals surface area contributed by atoms with Gasteiger partial charge in [0.2, 0.25) is 5.91 Å². The van der Waals surface area contributed by atoms with E-state index in [1.165, 1.54) is 0 Å². The molecule has 1 saturated heterocycles. The van der Waals surface area contributed by atoms with Crippen molar-refractivity contribution in [1.82, 2.24) is 15.2 Å². The molecule has 0 spiro atoms. The maximum atomic E-state index is 12.2. The Hall–Kier alpha value is -1.62. The lowest BCUT2D eigenvalue weighted by Gasteiger charge is -2.36. The van der Waals surface area contributed by atoms with Gasteiger partial charge < -0.3 is 15.1 Å². The molecule has 1 unspecified atom stereocenters. The lowest BCUT2D eigenvalue weighted by molar-refractivity contribution is -0.135. The van der Waals surface area contributed by atoms with Crippen LogP contribution in [0.2, 0.25) is 0 Å². The van der Waals surface area contributed by atoms with Crippen molar-refractivity contribution in [3.8, 4) is 0 Å². The first-order valence-corrected chi connectivity index (χ1v) is 6.81. The molecule has 1 aliphatic heterocycles. The SMILES string of the molecule is CNCC(C)C(=O)N1CCN(c2ccccn2)CC1. The predicted molar refractivity (Wildman–Crippen MR) is 76.1 cm³/mol. The maximum absolute atomic E-state index is 12.2. The molecule has 1 amide bonds. The number of carbonyl (C=O) groups excluding carboxylic acids is 1. The van der Waals surface area contributed by atoms with Crippen LogP contribution in [0.3, 0.4) is 0 Å². The molecule has 0 saturated carbocycles. The molecule has 2 rings (SSSR count). The number of hydrogen-bond donors (Lipinski definition) is 1. The second-order valence-corrected chi connectivity index (χ2v) is 4.96. The van der Waals surface area contributed by atoms with Crippen LogP contribution in [0.4, 0.5) is 5.82 Å². The normalized spacial score (nSPS) is 17.4. The Balaban J connectivity index is 1.87. The second kappa shape index (κ2) is 6.52. The number of pyridine rings is 1. The fourth-order valence-corrected chi connectivity index (χ4v) is 2.40. The van der Waals surface area contributed by atoms with E-state index in [0.29, 0.717) is 0 Å². The van der Waals surface area contributed by atoms with Gasteiger partial charge in [-0.1, -0.05) is 13.0 Å². The monoisotopic (exact) mass is 262 g/mol. The summed E-state index contributed by atoms with van der Waals surface area (Å²) in [5, 5.41) is 3.05. The summed E-state index contributed by atoms with van der Waals surface area (Å²) in [7, 11) is 1.88. The number of piperazine rings is 1. The average Bonchev–Trinajstić information content (AvgIpc) is 2.48. The first-order valence-electron chi connectivity index (χ1n) is 6.81. The summed E-state index contributed by atoms with van der Waals surface area (Å²) in [6.07, 6.45) is 1.81. The fraction of sp³-hybridized carbons (Fsp3) is 0.571. The molecule has 0 radical (unpaired) electrons. The van der Waals surface area contributed by atoms with E-state index in [0.717, 1.165) is 38.5 Å². The molecule has 1 aliphatic rings. The van der Waals surface area contributed by atoms with Gasteiger partial charge >= 0.3 is 0 Å². The summed E-state index contributed by atoms with van der Waals surface area (Å²) in [6.45, 7) is 5.99. The van der Waals surface area contributed by atoms with Crippen molar-refractivity contribution < 1.29 is 4.79 Å². The van der Waals surface area contributed by atoms with Crippen molar-refractivity contribution in [3.63, 3.8) is 0 Å². The third kappa shape index (κ3) is 3.44. The van der Waals surface area contributed by atoms with E-state index in [-0.39, 0.29) is 11.8 Å². The first kappa shape index (κ1) is 13.8. The zero-order valence-corrected chi connectivity index (χ0v) is 11.7.